The zero-order valence-corrected chi connectivity index (χ0v) is 33.4. The number of para-hydroxylation sites is 1. The maximum absolute atomic E-state index is 13.7. The summed E-state index contributed by atoms with van der Waals surface area (Å²) in [6.45, 7) is 5.06. The van der Waals surface area contributed by atoms with Gasteiger partial charge in [0.05, 0.1) is 31.2 Å². The number of likely N-dealkylation sites (tertiary alicyclic amines) is 2. The van der Waals surface area contributed by atoms with Crippen molar-refractivity contribution in [2.75, 3.05) is 60.7 Å². The summed E-state index contributed by atoms with van der Waals surface area (Å²) in [6.07, 6.45) is 6.35. The number of rotatable bonds is 12. The number of halogens is 1. The predicted octanol–water partition coefficient (Wildman–Crippen LogP) is 6.10. The molecule has 3 unspecified atom stereocenters. The van der Waals surface area contributed by atoms with E-state index in [0.29, 0.717) is 77.9 Å². The van der Waals surface area contributed by atoms with Crippen LogP contribution in [0.2, 0.25) is 5.02 Å². The molecule has 5 heterocycles. The molecule has 4 aliphatic rings. The Bertz CT molecular complexity index is 2180. The second-order valence-corrected chi connectivity index (χ2v) is 15.9. The Morgan fingerprint density at radius 1 is 0.914 bits per heavy atom. The lowest BCUT2D eigenvalue weighted by atomic mass is 9.89. The predicted molar refractivity (Wildman–Crippen MR) is 224 cm³/mol. The third-order valence-corrected chi connectivity index (χ3v) is 12.1. The third kappa shape index (κ3) is 8.58. The van der Waals surface area contributed by atoms with Gasteiger partial charge in [-0.3, -0.25) is 29.4 Å². The quantitative estimate of drug-likeness (QED) is 0.0964. The average molecular weight is 806 g/mol. The van der Waals surface area contributed by atoms with Gasteiger partial charge >= 0.3 is 0 Å². The van der Waals surface area contributed by atoms with E-state index in [-0.39, 0.29) is 35.6 Å². The summed E-state index contributed by atoms with van der Waals surface area (Å²) in [5.41, 5.74) is 5.00. The number of amides is 3. The number of piperidine rings is 2. The van der Waals surface area contributed by atoms with Gasteiger partial charge in [-0.15, -0.1) is 0 Å². The first-order valence-corrected chi connectivity index (χ1v) is 20.3. The van der Waals surface area contributed by atoms with Gasteiger partial charge in [0.25, 0.3) is 0 Å². The third-order valence-electron chi connectivity index (χ3n) is 11.8. The lowest BCUT2D eigenvalue weighted by Gasteiger charge is -2.43. The summed E-state index contributed by atoms with van der Waals surface area (Å²) in [6, 6.07) is 21.5. The van der Waals surface area contributed by atoms with Crippen LogP contribution in [0.15, 0.2) is 72.9 Å². The van der Waals surface area contributed by atoms with Crippen molar-refractivity contribution >= 4 is 69.6 Å². The number of methoxy groups -OCH3 is 1. The zero-order valence-electron chi connectivity index (χ0n) is 32.7. The molecule has 0 spiro atoms. The molecule has 0 saturated carbocycles. The molecule has 3 amide bonds. The molecule has 3 aromatic carbocycles. The Morgan fingerprint density at radius 3 is 2.36 bits per heavy atom. The number of carbonyl (C=O) groups excluding carboxylic acids is 4. The maximum Gasteiger partial charge on any atom is 0.249 e. The van der Waals surface area contributed by atoms with Gasteiger partial charge in [0.2, 0.25) is 23.7 Å². The largest absolute Gasteiger partial charge is 0.494 e. The molecular formula is C43H48ClN9O5. The van der Waals surface area contributed by atoms with Crippen LogP contribution in [-0.4, -0.2) is 101 Å². The Labute approximate surface area is 342 Å². The van der Waals surface area contributed by atoms with Crippen LogP contribution in [0, 0.1) is 0 Å². The average Bonchev–Trinajstić information content (AvgIpc) is 3.49. The van der Waals surface area contributed by atoms with Crippen LogP contribution < -0.4 is 30.9 Å². The molecule has 15 heteroatoms. The number of Topliss-reactive ketones (excluding diaryl/α,β-unsaturated/α-hetero) is 1. The number of nitrogens with one attached hydrogen (secondary N) is 4. The summed E-state index contributed by atoms with van der Waals surface area (Å²) in [5.74, 6) is 1.35. The van der Waals surface area contributed by atoms with Crippen molar-refractivity contribution in [1.82, 2.24) is 25.1 Å². The standard InChI is InChI=1S/C43H48ClN9O5/c1-26(54)33-5-3-4-6-35(33)47-41-34(44)22-45-43(50-41)48-36-14-13-30(21-38(36)58-2)53-31-11-12-32(53)24-52(23-31)40(56)25-51-19-17-28(18-20-51)27-7-9-29(10-8-27)46-37-15-16-39(55)49-42(37)57/h3-10,13-14,21-22,28,31-32,37,46H,11-12,15-20,23-25H2,1-2H3,(H,49,55,57)(H2,45,47,48,50). The van der Waals surface area contributed by atoms with E-state index >= 15 is 0 Å². The molecule has 0 radical (unpaired) electrons. The molecule has 0 aliphatic carbocycles. The number of ether oxygens (including phenoxy) is 1. The van der Waals surface area contributed by atoms with E-state index in [9.17, 15) is 19.2 Å². The molecule has 4 N–H and O–H groups in total. The number of hydrogen-bond donors (Lipinski definition) is 4. The number of piperazine rings is 1. The minimum atomic E-state index is -0.400. The number of carbonyl (C=O) groups is 4. The van der Waals surface area contributed by atoms with Crippen LogP contribution in [0.1, 0.15) is 67.3 Å². The van der Waals surface area contributed by atoms with Crippen LogP contribution in [0.3, 0.4) is 0 Å². The topological polar surface area (TPSA) is 161 Å². The van der Waals surface area contributed by atoms with Crippen molar-refractivity contribution in [2.45, 2.75) is 69.5 Å². The van der Waals surface area contributed by atoms with Crippen molar-refractivity contribution < 1.29 is 23.9 Å². The fraction of sp³-hybridized carbons (Fsp3) is 0.395. The van der Waals surface area contributed by atoms with E-state index in [4.69, 9.17) is 16.3 Å². The number of nitrogens with zero attached hydrogens (tertiary/aromatic N) is 5. The van der Waals surface area contributed by atoms with Crippen molar-refractivity contribution in [3.05, 3.63) is 89.1 Å². The molecule has 8 rings (SSSR count). The highest BCUT2D eigenvalue weighted by Gasteiger charge is 2.42. The van der Waals surface area contributed by atoms with Crippen molar-refractivity contribution in [3.63, 3.8) is 0 Å². The second kappa shape index (κ2) is 17.0. The van der Waals surface area contributed by atoms with E-state index in [1.54, 1.807) is 25.3 Å². The fourth-order valence-electron chi connectivity index (χ4n) is 8.73. The first-order valence-electron chi connectivity index (χ1n) is 19.9. The van der Waals surface area contributed by atoms with E-state index in [1.165, 1.54) is 18.7 Å². The van der Waals surface area contributed by atoms with Gasteiger partial charge in [0, 0.05) is 54.6 Å². The molecule has 1 aromatic heterocycles. The van der Waals surface area contributed by atoms with E-state index in [2.05, 4.69) is 64.1 Å². The van der Waals surface area contributed by atoms with Crippen LogP contribution in [0.5, 0.6) is 5.75 Å². The normalized spacial score (nSPS) is 21.1. The van der Waals surface area contributed by atoms with E-state index in [1.807, 2.05) is 30.3 Å². The Hall–Kier alpha value is -5.73. The van der Waals surface area contributed by atoms with E-state index in [0.717, 1.165) is 50.1 Å². The van der Waals surface area contributed by atoms with Crippen LogP contribution in [0.25, 0.3) is 0 Å². The summed E-state index contributed by atoms with van der Waals surface area (Å²) in [4.78, 5) is 65.2. The van der Waals surface area contributed by atoms with Gasteiger partial charge in [-0.1, -0.05) is 35.9 Å². The smallest absolute Gasteiger partial charge is 0.249 e. The minimum absolute atomic E-state index is 0.0741. The van der Waals surface area contributed by atoms with Gasteiger partial charge in [0.15, 0.2) is 11.6 Å². The number of ketones is 1. The summed E-state index contributed by atoms with van der Waals surface area (Å²) in [7, 11) is 1.63. The Balaban J connectivity index is 0.840. The molecule has 14 nitrogen and oxygen atoms in total. The van der Waals surface area contributed by atoms with Crippen molar-refractivity contribution in [3.8, 4) is 5.75 Å². The zero-order chi connectivity index (χ0) is 40.3. The van der Waals surface area contributed by atoms with Crippen molar-refractivity contribution in [2.24, 2.45) is 0 Å². The molecule has 4 aromatic rings. The van der Waals surface area contributed by atoms with E-state index < -0.39 is 6.04 Å². The molecule has 302 valence electrons. The molecule has 2 bridgehead atoms. The SMILES string of the molecule is COc1cc(N2C3CCC2CN(C(=O)CN2CCC(c4ccc(NC5CCC(=O)NC5=O)cc4)CC2)C3)ccc1Nc1ncc(Cl)c(Nc2ccccc2C(C)=O)n1. The van der Waals surface area contributed by atoms with Crippen LogP contribution >= 0.6 is 11.6 Å². The van der Waals surface area contributed by atoms with Crippen LogP contribution in [-0.2, 0) is 14.4 Å². The second-order valence-electron chi connectivity index (χ2n) is 15.5. The summed E-state index contributed by atoms with van der Waals surface area (Å²) in [5, 5.41) is 12.4. The highest BCUT2D eigenvalue weighted by molar-refractivity contribution is 6.33. The van der Waals surface area contributed by atoms with Gasteiger partial charge in [-0.2, -0.15) is 4.98 Å². The first-order chi connectivity index (χ1) is 28.1. The number of benzene rings is 3. The lowest BCUT2D eigenvalue weighted by molar-refractivity contribution is -0.134. The number of anilines is 6. The maximum atomic E-state index is 13.7. The fourth-order valence-corrected chi connectivity index (χ4v) is 8.87. The highest BCUT2D eigenvalue weighted by atomic mass is 35.5. The first kappa shape index (κ1) is 39.1. The molecule has 4 saturated heterocycles. The highest BCUT2D eigenvalue weighted by Crippen LogP contribution is 2.39. The van der Waals surface area contributed by atoms with Gasteiger partial charge in [0.1, 0.15) is 16.8 Å². The molecule has 4 aliphatic heterocycles. The monoisotopic (exact) mass is 805 g/mol. The Kier molecular flexibility index (Phi) is 11.5. The minimum Gasteiger partial charge on any atom is -0.494 e. The van der Waals surface area contributed by atoms with Crippen LogP contribution in [0.4, 0.5) is 34.5 Å². The molecule has 3 atom stereocenters. The number of aromatic nitrogens is 2. The van der Waals surface area contributed by atoms with Gasteiger partial charge < -0.3 is 30.5 Å². The number of fused-ring (bicyclic) bond motifs is 2. The summed E-state index contributed by atoms with van der Waals surface area (Å²) >= 11 is 6.44. The van der Waals surface area contributed by atoms with Gasteiger partial charge in [-0.25, -0.2) is 4.98 Å². The van der Waals surface area contributed by atoms with Gasteiger partial charge in [-0.05, 0) is 100.0 Å². The molecule has 58 heavy (non-hydrogen) atoms. The number of imide groups is 1. The Morgan fingerprint density at radius 2 is 1.66 bits per heavy atom. The number of hydrogen-bond acceptors (Lipinski definition) is 12. The van der Waals surface area contributed by atoms with Crippen molar-refractivity contribution in [1.29, 1.82) is 0 Å². The lowest BCUT2D eigenvalue weighted by Crippen LogP contribution is -2.57. The molecule has 4 fully saturated rings. The molecular weight excluding hydrogens is 758 g/mol. The summed E-state index contributed by atoms with van der Waals surface area (Å²) < 4.78 is 5.83.